The van der Waals surface area contributed by atoms with Crippen LogP contribution in [0.25, 0.3) is 5.69 Å². The van der Waals surface area contributed by atoms with Gasteiger partial charge in [0.2, 0.25) is 0 Å². The molecule has 4 heteroatoms. The predicted molar refractivity (Wildman–Crippen MR) is 54.5 cm³/mol. The Morgan fingerprint density at radius 1 is 1.43 bits per heavy atom. The number of nitrogen functional groups attached to an aromatic ring is 1. The van der Waals surface area contributed by atoms with E-state index in [9.17, 15) is 0 Å². The maximum Gasteiger partial charge on any atom is 0.121 e. The second-order valence-electron chi connectivity index (χ2n) is 2.89. The minimum absolute atomic E-state index is 0.669. The highest BCUT2D eigenvalue weighted by atomic mass is 16.5. The average Bonchev–Trinajstić information content (AvgIpc) is 2.70. The van der Waals surface area contributed by atoms with Crippen LogP contribution in [0.5, 0.6) is 5.75 Å². The van der Waals surface area contributed by atoms with Gasteiger partial charge in [-0.2, -0.15) is 0 Å². The fourth-order valence-corrected chi connectivity index (χ4v) is 1.30. The van der Waals surface area contributed by atoms with E-state index in [4.69, 9.17) is 10.5 Å². The molecule has 14 heavy (non-hydrogen) atoms. The molecule has 0 aliphatic carbocycles. The molecule has 2 aromatic rings. The van der Waals surface area contributed by atoms with Gasteiger partial charge in [-0.25, -0.2) is 4.98 Å². The monoisotopic (exact) mass is 189 g/mol. The van der Waals surface area contributed by atoms with Gasteiger partial charge in [-0.1, -0.05) is 0 Å². The molecule has 0 spiro atoms. The molecule has 1 aromatic heterocycles. The lowest BCUT2D eigenvalue weighted by Gasteiger charge is -2.07. The smallest absolute Gasteiger partial charge is 0.121 e. The van der Waals surface area contributed by atoms with Crippen molar-refractivity contribution in [1.29, 1.82) is 0 Å². The van der Waals surface area contributed by atoms with Crippen LogP contribution in [0.1, 0.15) is 0 Å². The summed E-state index contributed by atoms with van der Waals surface area (Å²) in [5, 5.41) is 0. The zero-order valence-corrected chi connectivity index (χ0v) is 7.84. The molecule has 0 unspecified atom stereocenters. The maximum absolute atomic E-state index is 5.86. The average molecular weight is 189 g/mol. The summed E-state index contributed by atoms with van der Waals surface area (Å²) in [4.78, 5) is 3.96. The number of anilines is 1. The number of nitrogens with two attached hydrogens (primary N) is 1. The van der Waals surface area contributed by atoms with Gasteiger partial charge in [0.1, 0.15) is 5.75 Å². The Balaban J connectivity index is 2.46. The number of hydrogen-bond acceptors (Lipinski definition) is 3. The van der Waals surface area contributed by atoms with Crippen molar-refractivity contribution >= 4 is 5.69 Å². The second kappa shape index (κ2) is 3.41. The maximum atomic E-state index is 5.86. The molecule has 1 heterocycles. The molecule has 0 aliphatic heterocycles. The number of imidazole rings is 1. The van der Waals surface area contributed by atoms with Crippen LogP contribution in [0.15, 0.2) is 36.9 Å². The number of hydrogen-bond donors (Lipinski definition) is 1. The number of benzene rings is 1. The summed E-state index contributed by atoms with van der Waals surface area (Å²) in [6.07, 6.45) is 5.26. The van der Waals surface area contributed by atoms with Gasteiger partial charge in [-0.3, -0.25) is 0 Å². The molecule has 0 fully saturated rings. The lowest BCUT2D eigenvalue weighted by Crippen LogP contribution is -1.97. The predicted octanol–water partition coefficient (Wildman–Crippen LogP) is 1.46. The van der Waals surface area contributed by atoms with Crippen LogP contribution in [0, 0.1) is 0 Å². The Labute approximate surface area is 81.9 Å². The fourth-order valence-electron chi connectivity index (χ4n) is 1.30. The minimum atomic E-state index is 0.669. The highest BCUT2D eigenvalue weighted by Crippen LogP contribution is 2.22. The number of methoxy groups -OCH3 is 1. The summed E-state index contributed by atoms with van der Waals surface area (Å²) in [6.45, 7) is 0. The molecule has 0 saturated heterocycles. The van der Waals surface area contributed by atoms with Crippen LogP contribution in [0.4, 0.5) is 5.69 Å². The summed E-state index contributed by atoms with van der Waals surface area (Å²) in [5.41, 5.74) is 7.43. The van der Waals surface area contributed by atoms with Crippen molar-refractivity contribution in [3.63, 3.8) is 0 Å². The van der Waals surface area contributed by atoms with Gasteiger partial charge in [0, 0.05) is 18.5 Å². The van der Waals surface area contributed by atoms with E-state index in [1.165, 1.54) is 0 Å². The molecule has 1 aromatic carbocycles. The summed E-state index contributed by atoms with van der Waals surface area (Å²) >= 11 is 0. The van der Waals surface area contributed by atoms with Crippen molar-refractivity contribution in [2.75, 3.05) is 12.8 Å². The van der Waals surface area contributed by atoms with Crippen molar-refractivity contribution in [1.82, 2.24) is 9.55 Å². The molecule has 72 valence electrons. The first-order valence-electron chi connectivity index (χ1n) is 4.23. The van der Waals surface area contributed by atoms with Crippen LogP contribution in [0.2, 0.25) is 0 Å². The van der Waals surface area contributed by atoms with E-state index in [0.29, 0.717) is 5.69 Å². The van der Waals surface area contributed by atoms with Crippen LogP contribution >= 0.6 is 0 Å². The van der Waals surface area contributed by atoms with Crippen molar-refractivity contribution in [2.24, 2.45) is 0 Å². The second-order valence-corrected chi connectivity index (χ2v) is 2.89. The van der Waals surface area contributed by atoms with E-state index in [1.807, 2.05) is 22.9 Å². The summed E-state index contributed by atoms with van der Waals surface area (Å²) < 4.78 is 6.92. The molecule has 2 rings (SSSR count). The normalized spacial score (nSPS) is 10.1. The molecule has 0 aliphatic rings. The molecule has 4 nitrogen and oxygen atoms in total. The number of nitrogens with zero attached hydrogens (tertiary/aromatic N) is 2. The van der Waals surface area contributed by atoms with Crippen molar-refractivity contribution in [3.05, 3.63) is 36.9 Å². The third-order valence-corrected chi connectivity index (χ3v) is 2.02. The van der Waals surface area contributed by atoms with E-state index >= 15 is 0 Å². The third-order valence-electron chi connectivity index (χ3n) is 2.02. The summed E-state index contributed by atoms with van der Waals surface area (Å²) in [7, 11) is 1.62. The molecule has 0 radical (unpaired) electrons. The lowest BCUT2D eigenvalue weighted by molar-refractivity contribution is 0.415. The van der Waals surface area contributed by atoms with Crippen LogP contribution in [-0.4, -0.2) is 16.7 Å². The van der Waals surface area contributed by atoms with Crippen LogP contribution in [0.3, 0.4) is 0 Å². The summed E-state index contributed by atoms with van der Waals surface area (Å²) in [6, 6.07) is 5.55. The highest BCUT2D eigenvalue weighted by molar-refractivity contribution is 5.60. The molecule has 0 atom stereocenters. The van der Waals surface area contributed by atoms with Crippen molar-refractivity contribution in [2.45, 2.75) is 0 Å². The first-order valence-corrected chi connectivity index (χ1v) is 4.23. The van der Waals surface area contributed by atoms with E-state index in [-0.39, 0.29) is 0 Å². The molecular formula is C10H11N3O. The van der Waals surface area contributed by atoms with Gasteiger partial charge in [-0.05, 0) is 12.1 Å². The zero-order chi connectivity index (χ0) is 9.97. The van der Waals surface area contributed by atoms with Gasteiger partial charge in [0.15, 0.2) is 0 Å². The summed E-state index contributed by atoms with van der Waals surface area (Å²) in [5.74, 6) is 0.756. The largest absolute Gasteiger partial charge is 0.497 e. The Bertz CT molecular complexity index is 423. The number of ether oxygens (including phenoxy) is 1. The van der Waals surface area contributed by atoms with E-state index in [0.717, 1.165) is 11.4 Å². The standard InChI is InChI=1S/C10H11N3O/c1-14-8-2-3-10(9(11)6-8)13-5-4-12-7-13/h2-7H,11H2,1H3. The molecule has 0 amide bonds. The Kier molecular flexibility index (Phi) is 2.10. The first kappa shape index (κ1) is 8.62. The van der Waals surface area contributed by atoms with E-state index in [1.54, 1.807) is 25.7 Å². The molecular weight excluding hydrogens is 178 g/mol. The third kappa shape index (κ3) is 1.42. The number of rotatable bonds is 2. The minimum Gasteiger partial charge on any atom is -0.497 e. The van der Waals surface area contributed by atoms with E-state index in [2.05, 4.69) is 4.98 Å². The van der Waals surface area contributed by atoms with Gasteiger partial charge in [0.25, 0.3) is 0 Å². The lowest BCUT2D eigenvalue weighted by atomic mass is 10.2. The van der Waals surface area contributed by atoms with Crippen LogP contribution < -0.4 is 10.5 Å². The van der Waals surface area contributed by atoms with Crippen LogP contribution in [-0.2, 0) is 0 Å². The molecule has 0 bridgehead atoms. The van der Waals surface area contributed by atoms with E-state index < -0.39 is 0 Å². The number of aromatic nitrogens is 2. The van der Waals surface area contributed by atoms with Gasteiger partial charge < -0.3 is 15.0 Å². The highest BCUT2D eigenvalue weighted by Gasteiger charge is 2.01. The quantitative estimate of drug-likeness (QED) is 0.728. The SMILES string of the molecule is COc1ccc(-n2ccnc2)c(N)c1. The van der Waals surface area contributed by atoms with Crippen molar-refractivity contribution < 1.29 is 4.74 Å². The van der Waals surface area contributed by atoms with Gasteiger partial charge in [-0.15, -0.1) is 0 Å². The molecule has 2 N–H and O–H groups in total. The topological polar surface area (TPSA) is 53.1 Å². The van der Waals surface area contributed by atoms with Gasteiger partial charge >= 0.3 is 0 Å². The Morgan fingerprint density at radius 3 is 2.86 bits per heavy atom. The fraction of sp³-hybridized carbons (Fsp3) is 0.100. The zero-order valence-electron chi connectivity index (χ0n) is 7.84. The Morgan fingerprint density at radius 2 is 2.29 bits per heavy atom. The Hall–Kier alpha value is -1.97. The first-order chi connectivity index (χ1) is 6.81. The van der Waals surface area contributed by atoms with Crippen molar-refractivity contribution in [3.8, 4) is 11.4 Å². The van der Waals surface area contributed by atoms with Gasteiger partial charge in [0.05, 0.1) is 24.8 Å². The molecule has 0 saturated carbocycles.